The Morgan fingerprint density at radius 1 is 1.22 bits per heavy atom. The van der Waals surface area contributed by atoms with Crippen LogP contribution in [-0.4, -0.2) is 40.0 Å². The molecule has 27 heavy (non-hydrogen) atoms. The van der Waals surface area contributed by atoms with Crippen molar-refractivity contribution in [2.45, 2.75) is 31.8 Å². The SMILES string of the molecule is CC(Oc1cccc(Cl)c1)C(=O)N1CCC(c2nc3ccccc3[nH]2)CC1. The molecule has 1 amide bonds. The van der Waals surface area contributed by atoms with E-state index in [0.717, 1.165) is 29.7 Å². The van der Waals surface area contributed by atoms with E-state index in [1.54, 1.807) is 19.1 Å². The highest BCUT2D eigenvalue weighted by atomic mass is 35.5. The first-order chi connectivity index (χ1) is 13.1. The third-order valence-corrected chi connectivity index (χ3v) is 5.29. The summed E-state index contributed by atoms with van der Waals surface area (Å²) in [6, 6.07) is 15.2. The Bertz CT molecular complexity index is 914. The van der Waals surface area contributed by atoms with Gasteiger partial charge in [0.25, 0.3) is 5.91 Å². The number of amides is 1. The number of imidazole rings is 1. The maximum atomic E-state index is 12.7. The van der Waals surface area contributed by atoms with Crippen molar-refractivity contribution in [3.8, 4) is 5.75 Å². The molecule has 4 rings (SSSR count). The molecule has 5 nitrogen and oxygen atoms in total. The van der Waals surface area contributed by atoms with Gasteiger partial charge < -0.3 is 14.6 Å². The van der Waals surface area contributed by atoms with E-state index < -0.39 is 6.10 Å². The number of benzene rings is 2. The first-order valence-electron chi connectivity index (χ1n) is 9.26. The summed E-state index contributed by atoms with van der Waals surface area (Å²) in [4.78, 5) is 22.7. The maximum absolute atomic E-state index is 12.7. The van der Waals surface area contributed by atoms with Gasteiger partial charge in [-0.3, -0.25) is 4.79 Å². The third-order valence-electron chi connectivity index (χ3n) is 5.06. The number of aromatic amines is 1. The summed E-state index contributed by atoms with van der Waals surface area (Å²) in [5.74, 6) is 2.00. The molecular weight excluding hydrogens is 362 g/mol. The van der Waals surface area contributed by atoms with Gasteiger partial charge in [0.15, 0.2) is 6.10 Å². The van der Waals surface area contributed by atoms with Crippen LogP contribution >= 0.6 is 11.6 Å². The van der Waals surface area contributed by atoms with Crippen LogP contribution in [-0.2, 0) is 4.79 Å². The van der Waals surface area contributed by atoms with E-state index in [1.807, 2.05) is 41.3 Å². The van der Waals surface area contributed by atoms with Crippen molar-refractivity contribution in [1.29, 1.82) is 0 Å². The number of nitrogens with one attached hydrogen (secondary N) is 1. The Labute approximate surface area is 163 Å². The summed E-state index contributed by atoms with van der Waals surface area (Å²) in [5.41, 5.74) is 2.06. The highest BCUT2D eigenvalue weighted by Crippen LogP contribution is 2.28. The fraction of sp³-hybridized carbons (Fsp3) is 0.333. The number of aromatic nitrogens is 2. The van der Waals surface area contributed by atoms with Gasteiger partial charge in [0.05, 0.1) is 11.0 Å². The number of ether oxygens (including phenoxy) is 1. The Balaban J connectivity index is 1.36. The smallest absolute Gasteiger partial charge is 0.263 e. The number of likely N-dealkylation sites (tertiary alicyclic amines) is 1. The van der Waals surface area contributed by atoms with Crippen LogP contribution in [0.3, 0.4) is 0 Å². The summed E-state index contributed by atoms with van der Waals surface area (Å²) in [6.45, 7) is 3.21. The van der Waals surface area contributed by atoms with E-state index in [0.29, 0.717) is 29.8 Å². The molecule has 1 aromatic heterocycles. The molecule has 1 fully saturated rings. The van der Waals surface area contributed by atoms with Crippen LogP contribution in [0.4, 0.5) is 0 Å². The fourth-order valence-corrected chi connectivity index (χ4v) is 3.77. The predicted molar refractivity (Wildman–Crippen MR) is 106 cm³/mol. The molecule has 0 saturated carbocycles. The molecule has 0 bridgehead atoms. The second kappa shape index (κ2) is 7.61. The first kappa shape index (κ1) is 17.9. The number of hydrogen-bond donors (Lipinski definition) is 1. The average molecular weight is 384 g/mol. The van der Waals surface area contributed by atoms with E-state index in [9.17, 15) is 4.79 Å². The van der Waals surface area contributed by atoms with Crippen LogP contribution in [0.2, 0.25) is 5.02 Å². The van der Waals surface area contributed by atoms with Crippen LogP contribution in [0.25, 0.3) is 11.0 Å². The monoisotopic (exact) mass is 383 g/mol. The molecule has 1 aliphatic heterocycles. The lowest BCUT2D eigenvalue weighted by molar-refractivity contribution is -0.139. The zero-order valence-electron chi connectivity index (χ0n) is 15.2. The van der Waals surface area contributed by atoms with Crippen molar-refractivity contribution in [3.05, 3.63) is 59.4 Å². The average Bonchev–Trinajstić information content (AvgIpc) is 3.12. The van der Waals surface area contributed by atoms with Gasteiger partial charge in [-0.2, -0.15) is 0 Å². The van der Waals surface area contributed by atoms with Gasteiger partial charge in [-0.1, -0.05) is 29.8 Å². The molecule has 0 spiro atoms. The minimum Gasteiger partial charge on any atom is -0.481 e. The third kappa shape index (κ3) is 3.93. The molecule has 2 heterocycles. The number of nitrogens with zero attached hydrogens (tertiary/aromatic N) is 2. The molecule has 1 atom stereocenters. The van der Waals surface area contributed by atoms with E-state index in [1.165, 1.54) is 0 Å². The predicted octanol–water partition coefficient (Wildman–Crippen LogP) is 4.39. The maximum Gasteiger partial charge on any atom is 0.263 e. The minimum atomic E-state index is -0.536. The summed E-state index contributed by atoms with van der Waals surface area (Å²) in [5, 5.41) is 0.596. The summed E-state index contributed by atoms with van der Waals surface area (Å²) < 4.78 is 5.77. The number of halogens is 1. The Morgan fingerprint density at radius 3 is 2.74 bits per heavy atom. The zero-order valence-corrected chi connectivity index (χ0v) is 15.9. The molecular formula is C21H22ClN3O2. The van der Waals surface area contributed by atoms with Crippen molar-refractivity contribution < 1.29 is 9.53 Å². The number of para-hydroxylation sites is 2. The molecule has 1 saturated heterocycles. The Hall–Kier alpha value is -2.53. The molecule has 1 unspecified atom stereocenters. The van der Waals surface area contributed by atoms with Gasteiger partial charge in [-0.05, 0) is 50.1 Å². The number of carbonyl (C=O) groups is 1. The molecule has 0 radical (unpaired) electrons. The quantitative estimate of drug-likeness (QED) is 0.726. The van der Waals surface area contributed by atoms with Crippen molar-refractivity contribution in [3.63, 3.8) is 0 Å². The number of fused-ring (bicyclic) bond motifs is 1. The van der Waals surface area contributed by atoms with Crippen LogP contribution in [0, 0.1) is 0 Å². The van der Waals surface area contributed by atoms with E-state index in [-0.39, 0.29) is 5.91 Å². The van der Waals surface area contributed by atoms with Crippen LogP contribution < -0.4 is 4.74 Å². The minimum absolute atomic E-state index is 0.0121. The summed E-state index contributed by atoms with van der Waals surface area (Å²) >= 11 is 5.98. The van der Waals surface area contributed by atoms with Gasteiger partial charge in [-0.15, -0.1) is 0 Å². The summed E-state index contributed by atoms with van der Waals surface area (Å²) in [6.07, 6.45) is 1.26. The standard InChI is InChI=1S/C21H22ClN3O2/c1-14(27-17-6-4-5-16(22)13-17)21(26)25-11-9-15(10-12-25)20-23-18-7-2-3-8-19(18)24-20/h2-8,13-15H,9-12H2,1H3,(H,23,24). The Morgan fingerprint density at radius 2 is 2.00 bits per heavy atom. The van der Waals surface area contributed by atoms with Crippen molar-refractivity contribution >= 4 is 28.5 Å². The molecule has 1 aliphatic rings. The molecule has 6 heteroatoms. The van der Waals surface area contributed by atoms with Gasteiger partial charge in [-0.25, -0.2) is 4.98 Å². The number of hydrogen-bond acceptors (Lipinski definition) is 3. The number of carbonyl (C=O) groups excluding carboxylic acids is 1. The number of H-pyrrole nitrogens is 1. The van der Waals surface area contributed by atoms with Crippen molar-refractivity contribution in [1.82, 2.24) is 14.9 Å². The molecule has 3 aromatic rings. The lowest BCUT2D eigenvalue weighted by Gasteiger charge is -2.32. The first-order valence-corrected chi connectivity index (χ1v) is 9.63. The van der Waals surface area contributed by atoms with Gasteiger partial charge in [0, 0.05) is 24.0 Å². The molecule has 140 valence electrons. The highest BCUT2D eigenvalue weighted by Gasteiger charge is 2.29. The van der Waals surface area contributed by atoms with Gasteiger partial charge in [0.2, 0.25) is 0 Å². The van der Waals surface area contributed by atoms with Gasteiger partial charge in [0.1, 0.15) is 11.6 Å². The highest BCUT2D eigenvalue weighted by molar-refractivity contribution is 6.30. The van der Waals surface area contributed by atoms with Gasteiger partial charge >= 0.3 is 0 Å². The topological polar surface area (TPSA) is 58.2 Å². The van der Waals surface area contributed by atoms with Crippen molar-refractivity contribution in [2.75, 3.05) is 13.1 Å². The number of rotatable bonds is 4. The van der Waals surface area contributed by atoms with Crippen molar-refractivity contribution in [2.24, 2.45) is 0 Å². The van der Waals surface area contributed by atoms with Crippen LogP contribution in [0.15, 0.2) is 48.5 Å². The lowest BCUT2D eigenvalue weighted by atomic mass is 9.96. The molecule has 2 aromatic carbocycles. The Kier molecular flexibility index (Phi) is 5.03. The fourth-order valence-electron chi connectivity index (χ4n) is 3.59. The van der Waals surface area contributed by atoms with E-state index >= 15 is 0 Å². The van der Waals surface area contributed by atoms with Crippen LogP contribution in [0.1, 0.15) is 31.5 Å². The summed E-state index contributed by atoms with van der Waals surface area (Å²) in [7, 11) is 0. The largest absolute Gasteiger partial charge is 0.481 e. The molecule has 1 N–H and O–H groups in total. The van der Waals surface area contributed by atoms with Crippen LogP contribution in [0.5, 0.6) is 5.75 Å². The normalized spacial score (nSPS) is 16.4. The van der Waals surface area contributed by atoms with E-state index in [4.69, 9.17) is 21.3 Å². The lowest BCUT2D eigenvalue weighted by Crippen LogP contribution is -2.44. The zero-order chi connectivity index (χ0) is 18.8. The second-order valence-corrected chi connectivity index (χ2v) is 7.39. The second-order valence-electron chi connectivity index (χ2n) is 6.96. The number of piperidine rings is 1. The molecule has 0 aliphatic carbocycles. The van der Waals surface area contributed by atoms with E-state index in [2.05, 4.69) is 4.98 Å².